The average Bonchev–Trinajstić information content (AvgIpc) is 2.98. The molecule has 2 rings (SSSR count). The summed E-state index contributed by atoms with van der Waals surface area (Å²) in [6.45, 7) is -0.421. The lowest BCUT2D eigenvalue weighted by atomic mass is 10.1. The van der Waals surface area contributed by atoms with Crippen LogP contribution in [0.5, 0.6) is 0 Å². The van der Waals surface area contributed by atoms with Crippen molar-refractivity contribution < 1.29 is 19.1 Å². The van der Waals surface area contributed by atoms with E-state index in [2.05, 4.69) is 5.32 Å². The van der Waals surface area contributed by atoms with Crippen molar-refractivity contribution in [1.82, 2.24) is 0 Å². The summed E-state index contributed by atoms with van der Waals surface area (Å²) in [4.78, 5) is 34.6. The van der Waals surface area contributed by atoms with E-state index in [9.17, 15) is 14.4 Å². The summed E-state index contributed by atoms with van der Waals surface area (Å²) in [6, 6.07) is 8.15. The predicted molar refractivity (Wildman–Crippen MR) is 82.6 cm³/mol. The van der Waals surface area contributed by atoms with Crippen molar-refractivity contribution in [3.63, 3.8) is 0 Å². The zero-order valence-electron chi connectivity index (χ0n) is 11.6. The van der Waals surface area contributed by atoms with Crippen LogP contribution in [0, 0.1) is 0 Å². The van der Waals surface area contributed by atoms with Crippen LogP contribution in [0.4, 0.5) is 5.69 Å². The maximum atomic E-state index is 11.8. The van der Waals surface area contributed by atoms with Crippen LogP contribution < -0.4 is 11.1 Å². The van der Waals surface area contributed by atoms with Gasteiger partial charge in [0.1, 0.15) is 0 Å². The number of hydrogen-bond donors (Lipinski definition) is 2. The summed E-state index contributed by atoms with van der Waals surface area (Å²) in [5.41, 5.74) is 6.54. The first-order valence-electron chi connectivity index (χ1n) is 6.41. The number of esters is 1. The number of carbonyl (C=O) groups excluding carboxylic acids is 3. The summed E-state index contributed by atoms with van der Waals surface area (Å²) in [5.74, 6) is -1.67. The molecular formula is C15H14N2O4S. The number of carbonyl (C=O) groups is 3. The minimum atomic E-state index is -0.648. The number of benzene rings is 1. The Morgan fingerprint density at radius 3 is 2.64 bits per heavy atom. The van der Waals surface area contributed by atoms with Gasteiger partial charge in [-0.05, 0) is 34.5 Å². The van der Waals surface area contributed by atoms with Crippen molar-refractivity contribution in [3.05, 3.63) is 52.2 Å². The van der Waals surface area contributed by atoms with E-state index in [0.717, 1.165) is 5.56 Å². The number of anilines is 1. The van der Waals surface area contributed by atoms with Crippen LogP contribution in [0.2, 0.25) is 0 Å². The molecule has 1 aromatic heterocycles. The summed E-state index contributed by atoms with van der Waals surface area (Å²) < 4.78 is 4.89. The monoisotopic (exact) mass is 318 g/mol. The molecule has 0 aliphatic rings. The molecule has 22 heavy (non-hydrogen) atoms. The van der Waals surface area contributed by atoms with Crippen molar-refractivity contribution in [2.75, 3.05) is 11.9 Å². The number of amides is 2. The van der Waals surface area contributed by atoms with E-state index in [0.29, 0.717) is 0 Å². The molecule has 2 aromatic rings. The molecule has 114 valence electrons. The van der Waals surface area contributed by atoms with Crippen LogP contribution in [-0.4, -0.2) is 24.4 Å². The Bertz CT molecular complexity index is 683. The lowest BCUT2D eigenvalue weighted by Crippen LogP contribution is -2.23. The fourth-order valence-corrected chi connectivity index (χ4v) is 2.42. The van der Waals surface area contributed by atoms with E-state index in [1.807, 2.05) is 16.8 Å². The standard InChI is InChI=1S/C15H14N2O4S/c16-15(20)11-3-1-2-4-12(11)17-13(18)8-21-14(19)7-10-5-6-22-9-10/h1-6,9H,7-8H2,(H2,16,20)(H,17,18). The Morgan fingerprint density at radius 1 is 1.18 bits per heavy atom. The van der Waals surface area contributed by atoms with Gasteiger partial charge in [-0.15, -0.1) is 0 Å². The molecule has 3 N–H and O–H groups in total. The van der Waals surface area contributed by atoms with E-state index in [1.54, 1.807) is 18.2 Å². The summed E-state index contributed by atoms with van der Waals surface area (Å²) >= 11 is 1.48. The van der Waals surface area contributed by atoms with Crippen LogP contribution in [0.15, 0.2) is 41.1 Å². The van der Waals surface area contributed by atoms with Gasteiger partial charge in [0.15, 0.2) is 6.61 Å². The molecule has 0 radical (unpaired) electrons. The number of ether oxygens (including phenoxy) is 1. The molecular weight excluding hydrogens is 304 g/mol. The number of para-hydroxylation sites is 1. The van der Waals surface area contributed by atoms with Crippen molar-refractivity contribution in [2.45, 2.75) is 6.42 Å². The Morgan fingerprint density at radius 2 is 1.95 bits per heavy atom. The minimum Gasteiger partial charge on any atom is -0.455 e. The van der Waals surface area contributed by atoms with E-state index in [-0.39, 0.29) is 17.7 Å². The number of nitrogens with one attached hydrogen (secondary N) is 1. The molecule has 0 unspecified atom stereocenters. The van der Waals surface area contributed by atoms with E-state index < -0.39 is 24.4 Å². The van der Waals surface area contributed by atoms with Crippen LogP contribution in [0.1, 0.15) is 15.9 Å². The molecule has 7 heteroatoms. The topological polar surface area (TPSA) is 98.5 Å². The zero-order chi connectivity index (χ0) is 15.9. The average molecular weight is 318 g/mol. The molecule has 1 heterocycles. The van der Waals surface area contributed by atoms with Crippen molar-refractivity contribution in [1.29, 1.82) is 0 Å². The molecule has 0 saturated heterocycles. The fraction of sp³-hybridized carbons (Fsp3) is 0.133. The first kappa shape index (κ1) is 15.7. The second-order valence-electron chi connectivity index (χ2n) is 4.43. The van der Waals surface area contributed by atoms with Gasteiger partial charge in [0.25, 0.3) is 11.8 Å². The third kappa shape index (κ3) is 4.42. The SMILES string of the molecule is NC(=O)c1ccccc1NC(=O)COC(=O)Cc1ccsc1. The van der Waals surface area contributed by atoms with Gasteiger partial charge in [-0.25, -0.2) is 0 Å². The van der Waals surface area contributed by atoms with Crippen molar-refractivity contribution >= 4 is 34.8 Å². The first-order chi connectivity index (χ1) is 10.6. The van der Waals surface area contributed by atoms with Gasteiger partial charge >= 0.3 is 5.97 Å². The number of nitrogens with two attached hydrogens (primary N) is 1. The summed E-state index contributed by atoms with van der Waals surface area (Å²) in [6.07, 6.45) is 0.120. The second kappa shape index (κ2) is 7.37. The molecule has 0 atom stereocenters. The molecule has 0 aliphatic carbocycles. The lowest BCUT2D eigenvalue weighted by Gasteiger charge is -2.09. The van der Waals surface area contributed by atoms with Gasteiger partial charge in [0.2, 0.25) is 0 Å². The summed E-state index contributed by atoms with van der Waals surface area (Å²) in [5, 5.41) is 6.19. The second-order valence-corrected chi connectivity index (χ2v) is 5.21. The Balaban J connectivity index is 1.86. The lowest BCUT2D eigenvalue weighted by molar-refractivity contribution is -0.146. The van der Waals surface area contributed by atoms with Crippen LogP contribution in [0.3, 0.4) is 0 Å². The zero-order valence-corrected chi connectivity index (χ0v) is 12.4. The van der Waals surface area contributed by atoms with Crippen LogP contribution >= 0.6 is 11.3 Å². The molecule has 0 saturated carbocycles. The molecule has 0 bridgehead atoms. The predicted octanol–water partition coefficient (Wildman–Crippen LogP) is 1.57. The number of hydrogen-bond acceptors (Lipinski definition) is 5. The molecule has 6 nitrogen and oxygen atoms in total. The third-order valence-electron chi connectivity index (χ3n) is 2.76. The van der Waals surface area contributed by atoms with Crippen LogP contribution in [0.25, 0.3) is 0 Å². The quantitative estimate of drug-likeness (QED) is 0.790. The van der Waals surface area contributed by atoms with E-state index in [4.69, 9.17) is 10.5 Å². The number of rotatable bonds is 6. The maximum absolute atomic E-state index is 11.8. The highest BCUT2D eigenvalue weighted by molar-refractivity contribution is 7.07. The largest absolute Gasteiger partial charge is 0.455 e. The number of thiophene rings is 1. The van der Waals surface area contributed by atoms with Gasteiger partial charge in [-0.1, -0.05) is 12.1 Å². The third-order valence-corrected chi connectivity index (χ3v) is 3.49. The van der Waals surface area contributed by atoms with E-state index in [1.165, 1.54) is 17.4 Å². The minimum absolute atomic E-state index is 0.120. The number of primary amides is 1. The molecule has 0 fully saturated rings. The molecule has 0 aliphatic heterocycles. The normalized spacial score (nSPS) is 10.0. The Labute approximate surface area is 130 Å². The highest BCUT2D eigenvalue weighted by Gasteiger charge is 2.12. The first-order valence-corrected chi connectivity index (χ1v) is 7.36. The highest BCUT2D eigenvalue weighted by atomic mass is 32.1. The molecule has 0 spiro atoms. The highest BCUT2D eigenvalue weighted by Crippen LogP contribution is 2.14. The van der Waals surface area contributed by atoms with Crippen molar-refractivity contribution in [2.24, 2.45) is 5.73 Å². The van der Waals surface area contributed by atoms with Crippen molar-refractivity contribution in [3.8, 4) is 0 Å². The molecule has 2 amide bonds. The molecule has 1 aromatic carbocycles. The van der Waals surface area contributed by atoms with Gasteiger partial charge in [0, 0.05) is 0 Å². The van der Waals surface area contributed by atoms with Gasteiger partial charge in [-0.2, -0.15) is 11.3 Å². The Kier molecular flexibility index (Phi) is 5.26. The fourth-order valence-electron chi connectivity index (χ4n) is 1.75. The van der Waals surface area contributed by atoms with Crippen LogP contribution in [-0.2, 0) is 20.7 Å². The Hall–Kier alpha value is -2.67. The summed E-state index contributed by atoms with van der Waals surface area (Å²) in [7, 11) is 0. The smallest absolute Gasteiger partial charge is 0.310 e. The van der Waals surface area contributed by atoms with E-state index >= 15 is 0 Å². The maximum Gasteiger partial charge on any atom is 0.310 e. The van der Waals surface area contributed by atoms with Gasteiger partial charge in [-0.3, -0.25) is 14.4 Å². The van der Waals surface area contributed by atoms with Gasteiger partial charge < -0.3 is 15.8 Å². The van der Waals surface area contributed by atoms with Gasteiger partial charge in [0.05, 0.1) is 17.7 Å².